The molecule has 22 heavy (non-hydrogen) atoms. The first-order valence-electron chi connectivity index (χ1n) is 7.73. The van der Waals surface area contributed by atoms with E-state index in [1.54, 1.807) is 0 Å². The number of H-pyrrole nitrogens is 1. The fourth-order valence-corrected chi connectivity index (χ4v) is 3.04. The number of nitrogens with zero attached hydrogens (tertiary/aromatic N) is 1. The van der Waals surface area contributed by atoms with Gasteiger partial charge in [0.1, 0.15) is 0 Å². The summed E-state index contributed by atoms with van der Waals surface area (Å²) in [6.45, 7) is 1.50. The van der Waals surface area contributed by atoms with E-state index in [1.165, 1.54) is 0 Å². The SMILES string of the molecule is CNC1CCCN(C(=O)Cc2cc3ccccc3[nH]c2=O)C1. The molecule has 3 rings (SSSR count). The normalized spacial score (nSPS) is 18.6. The predicted molar refractivity (Wildman–Crippen MR) is 86.9 cm³/mol. The molecule has 0 saturated carbocycles. The van der Waals surface area contributed by atoms with Crippen LogP contribution < -0.4 is 10.9 Å². The number of hydrogen-bond acceptors (Lipinski definition) is 3. The van der Waals surface area contributed by atoms with Crippen LogP contribution in [0.15, 0.2) is 35.1 Å². The molecule has 1 aliphatic rings. The Balaban J connectivity index is 1.79. The number of likely N-dealkylation sites (tertiary alicyclic amines) is 1. The lowest BCUT2D eigenvalue weighted by Gasteiger charge is -2.32. The molecule has 1 aromatic carbocycles. The summed E-state index contributed by atoms with van der Waals surface area (Å²) in [5.41, 5.74) is 1.17. The lowest BCUT2D eigenvalue weighted by molar-refractivity contribution is -0.131. The summed E-state index contributed by atoms with van der Waals surface area (Å²) in [6, 6.07) is 9.80. The number of amides is 1. The average Bonchev–Trinajstić information content (AvgIpc) is 2.55. The molecule has 1 atom stereocenters. The molecule has 5 nitrogen and oxygen atoms in total. The van der Waals surface area contributed by atoms with Crippen LogP contribution in [0.2, 0.25) is 0 Å². The van der Waals surface area contributed by atoms with Crippen molar-refractivity contribution in [1.82, 2.24) is 15.2 Å². The van der Waals surface area contributed by atoms with E-state index in [4.69, 9.17) is 0 Å². The van der Waals surface area contributed by atoms with Crippen molar-refractivity contribution in [3.63, 3.8) is 0 Å². The van der Waals surface area contributed by atoms with Crippen molar-refractivity contribution in [3.05, 3.63) is 46.2 Å². The summed E-state index contributed by atoms with van der Waals surface area (Å²) in [6.07, 6.45) is 2.26. The maximum Gasteiger partial charge on any atom is 0.252 e. The first-order chi connectivity index (χ1) is 10.7. The summed E-state index contributed by atoms with van der Waals surface area (Å²) >= 11 is 0. The lowest BCUT2D eigenvalue weighted by Crippen LogP contribution is -2.47. The molecule has 2 N–H and O–H groups in total. The minimum absolute atomic E-state index is 0.0285. The molecular formula is C17H21N3O2. The van der Waals surface area contributed by atoms with Crippen LogP contribution in [-0.4, -0.2) is 42.0 Å². The van der Waals surface area contributed by atoms with Crippen LogP contribution in [0.4, 0.5) is 0 Å². The molecule has 0 radical (unpaired) electrons. The van der Waals surface area contributed by atoms with Crippen LogP contribution >= 0.6 is 0 Å². The zero-order chi connectivity index (χ0) is 15.5. The Hall–Kier alpha value is -2.14. The van der Waals surface area contributed by atoms with Gasteiger partial charge >= 0.3 is 0 Å². The topological polar surface area (TPSA) is 65.2 Å². The number of fused-ring (bicyclic) bond motifs is 1. The summed E-state index contributed by atoms with van der Waals surface area (Å²) in [5, 5.41) is 4.18. The Morgan fingerprint density at radius 1 is 1.41 bits per heavy atom. The number of nitrogens with one attached hydrogen (secondary N) is 2. The minimum Gasteiger partial charge on any atom is -0.341 e. The third-order valence-electron chi connectivity index (χ3n) is 4.35. The highest BCUT2D eigenvalue weighted by molar-refractivity contribution is 5.82. The number of hydrogen-bond donors (Lipinski definition) is 2. The van der Waals surface area contributed by atoms with Gasteiger partial charge in [0.05, 0.1) is 6.42 Å². The van der Waals surface area contributed by atoms with Gasteiger partial charge in [0, 0.05) is 30.2 Å². The number of benzene rings is 1. The molecule has 0 bridgehead atoms. The highest BCUT2D eigenvalue weighted by Crippen LogP contribution is 2.13. The van der Waals surface area contributed by atoms with Gasteiger partial charge < -0.3 is 15.2 Å². The van der Waals surface area contributed by atoms with Gasteiger partial charge in [0.25, 0.3) is 5.56 Å². The van der Waals surface area contributed by atoms with Crippen LogP contribution in [0.25, 0.3) is 10.9 Å². The van der Waals surface area contributed by atoms with Gasteiger partial charge in [-0.15, -0.1) is 0 Å². The van der Waals surface area contributed by atoms with Crippen LogP contribution in [0.3, 0.4) is 0 Å². The van der Waals surface area contributed by atoms with Gasteiger partial charge in [-0.3, -0.25) is 9.59 Å². The molecule has 0 spiro atoms. The van der Waals surface area contributed by atoms with E-state index in [0.29, 0.717) is 11.6 Å². The predicted octanol–water partition coefficient (Wildman–Crippen LogP) is 1.28. The van der Waals surface area contributed by atoms with Gasteiger partial charge in [-0.25, -0.2) is 0 Å². The molecule has 5 heteroatoms. The molecule has 1 fully saturated rings. The van der Waals surface area contributed by atoms with Crippen molar-refractivity contribution < 1.29 is 4.79 Å². The Kier molecular flexibility index (Phi) is 4.24. The molecular weight excluding hydrogens is 278 g/mol. The van der Waals surface area contributed by atoms with Crippen molar-refractivity contribution in [1.29, 1.82) is 0 Å². The van der Waals surface area contributed by atoms with Crippen LogP contribution in [0.1, 0.15) is 18.4 Å². The Bertz CT molecular complexity index is 738. The third-order valence-corrected chi connectivity index (χ3v) is 4.35. The van der Waals surface area contributed by atoms with Crippen molar-refractivity contribution >= 4 is 16.8 Å². The third kappa shape index (κ3) is 3.04. The van der Waals surface area contributed by atoms with Gasteiger partial charge in [-0.2, -0.15) is 0 Å². The van der Waals surface area contributed by atoms with Crippen LogP contribution in [0.5, 0.6) is 0 Å². The van der Waals surface area contributed by atoms with E-state index in [1.807, 2.05) is 42.3 Å². The van der Waals surface area contributed by atoms with Crippen molar-refractivity contribution in [2.45, 2.75) is 25.3 Å². The number of likely N-dealkylation sites (N-methyl/N-ethyl adjacent to an activating group) is 1. The van der Waals surface area contributed by atoms with Crippen molar-refractivity contribution in [3.8, 4) is 0 Å². The van der Waals surface area contributed by atoms with Crippen LogP contribution in [-0.2, 0) is 11.2 Å². The maximum atomic E-state index is 12.5. The fourth-order valence-electron chi connectivity index (χ4n) is 3.04. The van der Waals surface area contributed by atoms with Crippen LogP contribution in [0, 0.1) is 0 Å². The van der Waals surface area contributed by atoms with E-state index >= 15 is 0 Å². The highest BCUT2D eigenvalue weighted by atomic mass is 16.2. The minimum atomic E-state index is -0.172. The highest BCUT2D eigenvalue weighted by Gasteiger charge is 2.23. The second kappa shape index (κ2) is 6.32. The number of para-hydroxylation sites is 1. The molecule has 1 aromatic heterocycles. The number of aromatic nitrogens is 1. The van der Waals surface area contributed by atoms with Gasteiger partial charge in [0.2, 0.25) is 5.91 Å². The number of carbonyl (C=O) groups excluding carboxylic acids is 1. The van der Waals surface area contributed by atoms with E-state index in [2.05, 4.69) is 10.3 Å². The monoisotopic (exact) mass is 299 g/mol. The Morgan fingerprint density at radius 2 is 2.23 bits per heavy atom. The smallest absolute Gasteiger partial charge is 0.252 e. The van der Waals surface area contributed by atoms with E-state index in [0.717, 1.165) is 36.8 Å². The number of pyridine rings is 1. The second-order valence-corrected chi connectivity index (χ2v) is 5.86. The molecule has 0 aliphatic carbocycles. The molecule has 2 heterocycles. The summed E-state index contributed by atoms with van der Waals surface area (Å²) in [5.74, 6) is 0.0285. The second-order valence-electron chi connectivity index (χ2n) is 5.86. The standard InChI is InChI=1S/C17H21N3O2/c1-18-14-6-4-8-20(11-14)16(21)10-13-9-12-5-2-3-7-15(12)19-17(13)22/h2-3,5,7,9,14,18H,4,6,8,10-11H2,1H3,(H,19,22). The lowest BCUT2D eigenvalue weighted by atomic mass is 10.0. The quantitative estimate of drug-likeness (QED) is 0.897. The van der Waals surface area contributed by atoms with Gasteiger partial charge in [-0.05, 0) is 37.4 Å². The van der Waals surface area contributed by atoms with Gasteiger partial charge in [-0.1, -0.05) is 18.2 Å². The van der Waals surface area contributed by atoms with Crippen molar-refractivity contribution in [2.24, 2.45) is 0 Å². The zero-order valence-electron chi connectivity index (χ0n) is 12.8. The first kappa shape index (κ1) is 14.8. The summed E-state index contributed by atoms with van der Waals surface area (Å²) in [7, 11) is 1.92. The Labute approximate surface area is 129 Å². The van der Waals surface area contributed by atoms with E-state index in [9.17, 15) is 9.59 Å². The number of piperidine rings is 1. The summed E-state index contributed by atoms with van der Waals surface area (Å²) < 4.78 is 0. The van der Waals surface area contributed by atoms with E-state index in [-0.39, 0.29) is 17.9 Å². The van der Waals surface area contributed by atoms with E-state index < -0.39 is 0 Å². The molecule has 1 saturated heterocycles. The zero-order valence-corrected chi connectivity index (χ0v) is 12.8. The number of aromatic amines is 1. The maximum absolute atomic E-state index is 12.5. The number of rotatable bonds is 3. The number of carbonyl (C=O) groups is 1. The largest absolute Gasteiger partial charge is 0.341 e. The molecule has 116 valence electrons. The molecule has 1 unspecified atom stereocenters. The molecule has 1 aliphatic heterocycles. The average molecular weight is 299 g/mol. The molecule has 1 amide bonds. The first-order valence-corrected chi connectivity index (χ1v) is 7.73. The van der Waals surface area contributed by atoms with Crippen molar-refractivity contribution in [2.75, 3.05) is 20.1 Å². The summed E-state index contributed by atoms with van der Waals surface area (Å²) in [4.78, 5) is 29.3. The Morgan fingerprint density at radius 3 is 3.05 bits per heavy atom. The van der Waals surface area contributed by atoms with Gasteiger partial charge in [0.15, 0.2) is 0 Å². The molecule has 2 aromatic rings. The fraction of sp³-hybridized carbons (Fsp3) is 0.412.